The molecule has 1 aromatic carbocycles. The van der Waals surface area contributed by atoms with E-state index in [0.29, 0.717) is 5.69 Å². The van der Waals surface area contributed by atoms with E-state index in [9.17, 15) is 4.79 Å². The van der Waals surface area contributed by atoms with E-state index in [-0.39, 0.29) is 5.91 Å². The van der Waals surface area contributed by atoms with Crippen LogP contribution in [0.3, 0.4) is 0 Å². The average molecular weight is 339 g/mol. The third kappa shape index (κ3) is 4.47. The van der Waals surface area contributed by atoms with Gasteiger partial charge in [0.2, 0.25) is 0 Å². The zero-order chi connectivity index (χ0) is 17.6. The van der Waals surface area contributed by atoms with Crippen molar-refractivity contribution in [3.63, 3.8) is 0 Å². The van der Waals surface area contributed by atoms with Gasteiger partial charge in [0.25, 0.3) is 5.91 Å². The second-order valence-corrected chi connectivity index (χ2v) is 6.56. The number of nitrogens with one attached hydrogen (secondary N) is 1. The van der Waals surface area contributed by atoms with Crippen LogP contribution in [-0.4, -0.2) is 43.1 Å². The molecule has 1 N–H and O–H groups in total. The largest absolute Gasteiger partial charge is 0.378 e. The van der Waals surface area contributed by atoms with Gasteiger partial charge in [-0.1, -0.05) is 12.8 Å². The summed E-state index contributed by atoms with van der Waals surface area (Å²) < 4.78 is 0. The molecule has 1 amide bonds. The Kier molecular flexibility index (Phi) is 5.48. The fraction of sp³-hybridized carbons (Fsp3) is 0.421. The van der Waals surface area contributed by atoms with Crippen LogP contribution in [0.25, 0.3) is 0 Å². The Morgan fingerprint density at radius 1 is 1.04 bits per heavy atom. The number of hydrogen-bond donors (Lipinski definition) is 1. The molecule has 1 aliphatic rings. The van der Waals surface area contributed by atoms with E-state index in [4.69, 9.17) is 0 Å². The Bertz CT molecular complexity index is 706. The second kappa shape index (κ2) is 7.96. The molecule has 1 saturated heterocycles. The van der Waals surface area contributed by atoms with Gasteiger partial charge in [-0.15, -0.1) is 0 Å². The minimum absolute atomic E-state index is 0.212. The second-order valence-electron chi connectivity index (χ2n) is 6.56. The SMILES string of the molecule is CN(C)c1ccc(NC(=O)c2cc(N3CCCCCC3)ncn2)cc1. The number of benzene rings is 1. The predicted molar refractivity (Wildman–Crippen MR) is 101 cm³/mol. The Labute approximate surface area is 148 Å². The molecule has 6 nitrogen and oxygen atoms in total. The molecule has 132 valence electrons. The molecular formula is C19H25N5O. The number of amides is 1. The van der Waals surface area contributed by atoms with Crippen LogP contribution in [0.2, 0.25) is 0 Å². The topological polar surface area (TPSA) is 61.4 Å². The van der Waals surface area contributed by atoms with Gasteiger partial charge in [0, 0.05) is 44.6 Å². The maximum absolute atomic E-state index is 12.5. The molecule has 0 bridgehead atoms. The molecule has 1 aliphatic heterocycles. The van der Waals surface area contributed by atoms with Gasteiger partial charge in [-0.3, -0.25) is 4.79 Å². The molecule has 0 spiro atoms. The van der Waals surface area contributed by atoms with Crippen LogP contribution in [-0.2, 0) is 0 Å². The summed E-state index contributed by atoms with van der Waals surface area (Å²) in [6.45, 7) is 1.98. The van der Waals surface area contributed by atoms with Gasteiger partial charge >= 0.3 is 0 Å². The van der Waals surface area contributed by atoms with E-state index >= 15 is 0 Å². The Hall–Kier alpha value is -2.63. The highest BCUT2D eigenvalue weighted by atomic mass is 16.1. The van der Waals surface area contributed by atoms with Crippen LogP contribution >= 0.6 is 0 Å². The smallest absolute Gasteiger partial charge is 0.274 e. The van der Waals surface area contributed by atoms with Crippen molar-refractivity contribution in [3.05, 3.63) is 42.4 Å². The van der Waals surface area contributed by atoms with Crippen molar-refractivity contribution in [3.8, 4) is 0 Å². The zero-order valence-electron chi connectivity index (χ0n) is 14.9. The van der Waals surface area contributed by atoms with Crippen molar-refractivity contribution in [2.75, 3.05) is 42.3 Å². The standard InChI is InChI=1S/C19H25N5O/c1-23(2)16-9-7-15(8-10-16)22-19(25)17-13-18(21-14-20-17)24-11-5-3-4-6-12-24/h7-10,13-14H,3-6,11-12H2,1-2H3,(H,22,25). The van der Waals surface area contributed by atoms with Gasteiger partial charge in [-0.2, -0.15) is 0 Å². The molecule has 1 aromatic heterocycles. The zero-order valence-corrected chi connectivity index (χ0v) is 14.9. The van der Waals surface area contributed by atoms with Crippen LogP contribution in [0.1, 0.15) is 36.2 Å². The quantitative estimate of drug-likeness (QED) is 0.927. The summed E-state index contributed by atoms with van der Waals surface area (Å²) in [7, 11) is 3.97. The van der Waals surface area contributed by atoms with E-state index in [1.807, 2.05) is 43.3 Å². The predicted octanol–water partition coefficient (Wildman–Crippen LogP) is 3.18. The van der Waals surface area contributed by atoms with Gasteiger partial charge in [-0.25, -0.2) is 9.97 Å². The number of carbonyl (C=O) groups excluding carboxylic acids is 1. The lowest BCUT2D eigenvalue weighted by molar-refractivity contribution is 0.102. The lowest BCUT2D eigenvalue weighted by atomic mass is 10.2. The molecule has 6 heteroatoms. The van der Waals surface area contributed by atoms with Gasteiger partial charge < -0.3 is 15.1 Å². The normalized spacial score (nSPS) is 14.7. The summed E-state index contributed by atoms with van der Waals surface area (Å²) in [5, 5.41) is 2.90. The number of nitrogens with zero attached hydrogens (tertiary/aromatic N) is 4. The molecule has 0 atom stereocenters. The third-order valence-corrected chi connectivity index (χ3v) is 4.46. The first-order chi connectivity index (χ1) is 12.1. The third-order valence-electron chi connectivity index (χ3n) is 4.46. The maximum Gasteiger partial charge on any atom is 0.274 e. The van der Waals surface area contributed by atoms with Crippen LogP contribution in [0.15, 0.2) is 36.7 Å². The fourth-order valence-electron chi connectivity index (χ4n) is 2.98. The van der Waals surface area contributed by atoms with E-state index in [0.717, 1.165) is 30.3 Å². The van der Waals surface area contributed by atoms with E-state index in [2.05, 4.69) is 20.2 Å². The molecule has 0 saturated carbocycles. The molecule has 2 heterocycles. The summed E-state index contributed by atoms with van der Waals surface area (Å²) in [5.41, 5.74) is 2.24. The summed E-state index contributed by atoms with van der Waals surface area (Å²) >= 11 is 0. The molecule has 0 radical (unpaired) electrons. The number of hydrogen-bond acceptors (Lipinski definition) is 5. The first kappa shape index (κ1) is 17.2. The lowest BCUT2D eigenvalue weighted by Gasteiger charge is -2.21. The molecule has 0 aliphatic carbocycles. The lowest BCUT2D eigenvalue weighted by Crippen LogP contribution is -2.25. The summed E-state index contributed by atoms with van der Waals surface area (Å²) in [5.74, 6) is 0.626. The molecule has 2 aromatic rings. The highest BCUT2D eigenvalue weighted by molar-refractivity contribution is 6.03. The monoisotopic (exact) mass is 339 g/mol. The first-order valence-electron chi connectivity index (χ1n) is 8.79. The van der Waals surface area contributed by atoms with Crippen LogP contribution in [0.5, 0.6) is 0 Å². The van der Waals surface area contributed by atoms with E-state index in [1.165, 1.54) is 32.0 Å². The molecule has 1 fully saturated rings. The van der Waals surface area contributed by atoms with Crippen molar-refractivity contribution in [2.24, 2.45) is 0 Å². The molecular weight excluding hydrogens is 314 g/mol. The van der Waals surface area contributed by atoms with Gasteiger partial charge in [0.15, 0.2) is 0 Å². The Morgan fingerprint density at radius 3 is 2.36 bits per heavy atom. The van der Waals surface area contributed by atoms with Crippen molar-refractivity contribution in [2.45, 2.75) is 25.7 Å². The Morgan fingerprint density at radius 2 is 1.72 bits per heavy atom. The number of aromatic nitrogens is 2. The molecule has 0 unspecified atom stereocenters. The first-order valence-corrected chi connectivity index (χ1v) is 8.79. The number of anilines is 3. The average Bonchev–Trinajstić information content (AvgIpc) is 2.92. The molecule has 3 rings (SSSR count). The maximum atomic E-state index is 12.5. The fourth-order valence-corrected chi connectivity index (χ4v) is 2.98. The van der Waals surface area contributed by atoms with Crippen LogP contribution in [0.4, 0.5) is 17.2 Å². The van der Waals surface area contributed by atoms with Crippen molar-refractivity contribution in [1.29, 1.82) is 0 Å². The summed E-state index contributed by atoms with van der Waals surface area (Å²) in [6.07, 6.45) is 6.34. The molecule has 25 heavy (non-hydrogen) atoms. The Balaban J connectivity index is 1.70. The van der Waals surface area contributed by atoms with E-state index in [1.54, 1.807) is 6.07 Å². The number of carbonyl (C=O) groups is 1. The van der Waals surface area contributed by atoms with Gasteiger partial charge in [0.05, 0.1) is 0 Å². The van der Waals surface area contributed by atoms with Crippen molar-refractivity contribution in [1.82, 2.24) is 9.97 Å². The van der Waals surface area contributed by atoms with Crippen LogP contribution in [0, 0.1) is 0 Å². The summed E-state index contributed by atoms with van der Waals surface area (Å²) in [4.78, 5) is 25.3. The van der Waals surface area contributed by atoms with Crippen molar-refractivity contribution >= 4 is 23.1 Å². The van der Waals surface area contributed by atoms with Gasteiger partial charge in [0.1, 0.15) is 17.8 Å². The minimum atomic E-state index is -0.212. The number of rotatable bonds is 4. The van der Waals surface area contributed by atoms with Crippen molar-refractivity contribution < 1.29 is 4.79 Å². The van der Waals surface area contributed by atoms with Gasteiger partial charge in [-0.05, 0) is 37.1 Å². The summed E-state index contributed by atoms with van der Waals surface area (Å²) in [6, 6.07) is 9.51. The minimum Gasteiger partial charge on any atom is -0.378 e. The highest BCUT2D eigenvalue weighted by Crippen LogP contribution is 2.19. The highest BCUT2D eigenvalue weighted by Gasteiger charge is 2.15. The van der Waals surface area contributed by atoms with E-state index < -0.39 is 0 Å². The van der Waals surface area contributed by atoms with Crippen LogP contribution < -0.4 is 15.1 Å².